The average molecular weight is 352 g/mol. The van der Waals surface area contributed by atoms with Gasteiger partial charge in [0.05, 0.1) is 4.88 Å². The summed E-state index contributed by atoms with van der Waals surface area (Å²) in [4.78, 5) is 28.3. The SMILES string of the molecule is N#Cc1ncn(CC(=O)Nc2ccc(NC(=O)c3cccs3)cc2)n1. The molecule has 2 N–H and O–H groups in total. The number of hydrogen-bond donors (Lipinski definition) is 2. The number of nitrogens with zero attached hydrogens (tertiary/aromatic N) is 4. The first-order valence-electron chi connectivity index (χ1n) is 7.18. The quantitative estimate of drug-likeness (QED) is 0.730. The van der Waals surface area contributed by atoms with Gasteiger partial charge in [0.2, 0.25) is 5.91 Å². The highest BCUT2D eigenvalue weighted by Crippen LogP contribution is 2.16. The molecular weight excluding hydrogens is 340 g/mol. The fourth-order valence-corrected chi connectivity index (χ4v) is 2.63. The van der Waals surface area contributed by atoms with Crippen molar-refractivity contribution in [2.75, 3.05) is 10.6 Å². The van der Waals surface area contributed by atoms with E-state index < -0.39 is 0 Å². The highest BCUT2D eigenvalue weighted by molar-refractivity contribution is 7.12. The minimum atomic E-state index is -0.301. The summed E-state index contributed by atoms with van der Waals surface area (Å²) in [6.45, 7) is -0.0501. The first-order chi connectivity index (χ1) is 12.1. The summed E-state index contributed by atoms with van der Waals surface area (Å²) in [5.74, 6) is -0.463. The standard InChI is InChI=1S/C16H12N6O2S/c17-8-14-18-10-22(21-14)9-15(23)19-11-3-5-12(6-4-11)20-16(24)13-2-1-7-25-13/h1-7,10H,9H2,(H,19,23)(H,20,24). The van der Waals surface area contributed by atoms with E-state index in [4.69, 9.17) is 5.26 Å². The third-order valence-electron chi connectivity index (χ3n) is 3.11. The van der Waals surface area contributed by atoms with Crippen LogP contribution in [0.5, 0.6) is 0 Å². The fraction of sp³-hybridized carbons (Fsp3) is 0.0625. The van der Waals surface area contributed by atoms with Crippen LogP contribution < -0.4 is 10.6 Å². The summed E-state index contributed by atoms with van der Waals surface area (Å²) < 4.78 is 1.28. The Labute approximate surface area is 146 Å². The maximum absolute atomic E-state index is 12.0. The van der Waals surface area contributed by atoms with Crippen LogP contribution in [0, 0.1) is 11.3 Å². The lowest BCUT2D eigenvalue weighted by atomic mass is 10.2. The molecule has 124 valence electrons. The molecule has 0 unspecified atom stereocenters. The van der Waals surface area contributed by atoms with Crippen molar-refractivity contribution in [1.82, 2.24) is 14.8 Å². The zero-order valence-electron chi connectivity index (χ0n) is 12.8. The normalized spacial score (nSPS) is 10.0. The van der Waals surface area contributed by atoms with Gasteiger partial charge in [0.1, 0.15) is 18.9 Å². The second-order valence-corrected chi connectivity index (χ2v) is 5.88. The molecule has 0 aliphatic carbocycles. The molecule has 3 aromatic rings. The number of thiophene rings is 1. The summed E-state index contributed by atoms with van der Waals surface area (Å²) in [5.41, 5.74) is 1.21. The zero-order valence-corrected chi connectivity index (χ0v) is 13.7. The van der Waals surface area contributed by atoms with Crippen LogP contribution in [0.25, 0.3) is 0 Å². The Hall–Kier alpha value is -3.51. The molecule has 0 saturated carbocycles. The van der Waals surface area contributed by atoms with Gasteiger partial charge in [-0.15, -0.1) is 16.4 Å². The Morgan fingerprint density at radius 3 is 2.48 bits per heavy atom. The van der Waals surface area contributed by atoms with Gasteiger partial charge >= 0.3 is 0 Å². The summed E-state index contributed by atoms with van der Waals surface area (Å²) in [7, 11) is 0. The third kappa shape index (κ3) is 4.27. The number of nitriles is 1. The fourth-order valence-electron chi connectivity index (χ4n) is 2.01. The molecule has 8 nitrogen and oxygen atoms in total. The van der Waals surface area contributed by atoms with Crippen molar-refractivity contribution in [2.24, 2.45) is 0 Å². The van der Waals surface area contributed by atoms with Gasteiger partial charge in [-0.1, -0.05) is 6.07 Å². The van der Waals surface area contributed by atoms with Crippen LogP contribution in [0.3, 0.4) is 0 Å². The summed E-state index contributed by atoms with van der Waals surface area (Å²) in [5, 5.41) is 19.8. The van der Waals surface area contributed by atoms with Gasteiger partial charge in [0.15, 0.2) is 0 Å². The second kappa shape index (κ2) is 7.37. The van der Waals surface area contributed by atoms with Crippen LogP contribution in [-0.2, 0) is 11.3 Å². The highest BCUT2D eigenvalue weighted by Gasteiger charge is 2.08. The molecule has 0 radical (unpaired) electrons. The number of carbonyl (C=O) groups excluding carboxylic acids is 2. The van der Waals surface area contributed by atoms with Crippen molar-refractivity contribution >= 4 is 34.5 Å². The number of aromatic nitrogens is 3. The van der Waals surface area contributed by atoms with E-state index in [2.05, 4.69) is 20.7 Å². The molecule has 3 rings (SSSR count). The first kappa shape index (κ1) is 16.4. The number of hydrogen-bond acceptors (Lipinski definition) is 6. The van der Waals surface area contributed by atoms with Crippen LogP contribution >= 0.6 is 11.3 Å². The monoisotopic (exact) mass is 352 g/mol. The largest absolute Gasteiger partial charge is 0.324 e. The Morgan fingerprint density at radius 2 is 1.88 bits per heavy atom. The lowest BCUT2D eigenvalue weighted by Crippen LogP contribution is -2.19. The molecule has 1 aromatic carbocycles. The van der Waals surface area contributed by atoms with Crippen LogP contribution in [0.15, 0.2) is 48.1 Å². The topological polar surface area (TPSA) is 113 Å². The van der Waals surface area contributed by atoms with Gasteiger partial charge in [-0.3, -0.25) is 9.59 Å². The van der Waals surface area contributed by atoms with Crippen LogP contribution in [0.4, 0.5) is 11.4 Å². The lowest BCUT2D eigenvalue weighted by molar-refractivity contribution is -0.116. The molecule has 2 heterocycles. The molecule has 25 heavy (non-hydrogen) atoms. The maximum atomic E-state index is 12.0. The molecule has 9 heteroatoms. The molecule has 2 amide bonds. The number of carbonyl (C=O) groups is 2. The molecule has 0 atom stereocenters. The average Bonchev–Trinajstić information content (AvgIpc) is 3.28. The van der Waals surface area contributed by atoms with Gasteiger partial charge < -0.3 is 10.6 Å². The smallest absolute Gasteiger partial charge is 0.265 e. The Kier molecular flexibility index (Phi) is 4.82. The Morgan fingerprint density at radius 1 is 1.16 bits per heavy atom. The summed E-state index contributed by atoms with van der Waals surface area (Å²) in [6.07, 6.45) is 1.32. The molecule has 0 spiro atoms. The summed E-state index contributed by atoms with van der Waals surface area (Å²) in [6, 6.07) is 12.1. The first-order valence-corrected chi connectivity index (χ1v) is 8.06. The van der Waals surface area contributed by atoms with Crippen LogP contribution in [-0.4, -0.2) is 26.6 Å². The van der Waals surface area contributed by atoms with Crippen molar-refractivity contribution in [1.29, 1.82) is 5.26 Å². The molecule has 0 fully saturated rings. The van der Waals surface area contributed by atoms with E-state index in [0.717, 1.165) is 0 Å². The van der Waals surface area contributed by atoms with Gasteiger partial charge in [0.25, 0.3) is 11.7 Å². The minimum Gasteiger partial charge on any atom is -0.324 e. The van der Waals surface area contributed by atoms with E-state index >= 15 is 0 Å². The molecule has 0 bridgehead atoms. The van der Waals surface area contributed by atoms with E-state index in [9.17, 15) is 9.59 Å². The predicted octanol–water partition coefficient (Wildman–Crippen LogP) is 2.10. The van der Waals surface area contributed by atoms with E-state index in [1.165, 1.54) is 22.3 Å². The van der Waals surface area contributed by atoms with Gasteiger partial charge in [0, 0.05) is 11.4 Å². The molecular formula is C16H12N6O2S. The lowest BCUT2D eigenvalue weighted by Gasteiger charge is -2.07. The van der Waals surface area contributed by atoms with Crippen molar-refractivity contribution in [3.8, 4) is 6.07 Å². The number of amides is 2. The number of benzene rings is 1. The van der Waals surface area contributed by atoms with Crippen LogP contribution in [0.1, 0.15) is 15.5 Å². The highest BCUT2D eigenvalue weighted by atomic mass is 32.1. The predicted molar refractivity (Wildman–Crippen MR) is 92.1 cm³/mol. The molecule has 0 saturated heterocycles. The number of anilines is 2. The maximum Gasteiger partial charge on any atom is 0.265 e. The molecule has 2 aromatic heterocycles. The minimum absolute atomic E-state index is 0.0126. The third-order valence-corrected chi connectivity index (χ3v) is 3.98. The molecule has 0 aliphatic heterocycles. The number of rotatable bonds is 5. The van der Waals surface area contributed by atoms with E-state index in [1.807, 2.05) is 11.4 Å². The van der Waals surface area contributed by atoms with Gasteiger partial charge in [-0.05, 0) is 35.7 Å². The van der Waals surface area contributed by atoms with E-state index in [-0.39, 0.29) is 24.2 Å². The van der Waals surface area contributed by atoms with Crippen molar-refractivity contribution < 1.29 is 9.59 Å². The Bertz CT molecular complexity index is 924. The number of nitrogens with one attached hydrogen (secondary N) is 2. The van der Waals surface area contributed by atoms with E-state index in [0.29, 0.717) is 16.3 Å². The van der Waals surface area contributed by atoms with E-state index in [1.54, 1.807) is 36.4 Å². The van der Waals surface area contributed by atoms with Crippen molar-refractivity contribution in [2.45, 2.75) is 6.54 Å². The van der Waals surface area contributed by atoms with Crippen molar-refractivity contribution in [3.63, 3.8) is 0 Å². The van der Waals surface area contributed by atoms with Gasteiger partial charge in [-0.2, -0.15) is 5.26 Å². The molecule has 0 aliphatic rings. The zero-order chi connectivity index (χ0) is 17.6. The van der Waals surface area contributed by atoms with Crippen LogP contribution in [0.2, 0.25) is 0 Å². The second-order valence-electron chi connectivity index (χ2n) is 4.93. The summed E-state index contributed by atoms with van der Waals surface area (Å²) >= 11 is 1.36. The van der Waals surface area contributed by atoms with Gasteiger partial charge in [-0.25, -0.2) is 9.67 Å². The Balaban J connectivity index is 1.56. The van der Waals surface area contributed by atoms with Crippen molar-refractivity contribution in [3.05, 3.63) is 58.8 Å².